The van der Waals surface area contributed by atoms with Crippen molar-refractivity contribution in [3.8, 4) is 0 Å². The molecule has 5 amide bonds. The molecule has 1 aliphatic rings. The molecule has 1 unspecified atom stereocenters. The maximum absolute atomic E-state index is 12.9. The Morgan fingerprint density at radius 3 is 2.34 bits per heavy atom. The van der Waals surface area contributed by atoms with Crippen LogP contribution in [0.4, 0.5) is 10.5 Å². The first-order valence-electron chi connectivity index (χ1n) is 10.3. The number of carbonyl (C=O) groups excluding carboxylic acids is 4. The van der Waals surface area contributed by atoms with E-state index < -0.39 is 29.9 Å². The summed E-state index contributed by atoms with van der Waals surface area (Å²) in [5, 5.41) is 5.48. The van der Waals surface area contributed by atoms with Crippen LogP contribution in [-0.2, 0) is 15.1 Å². The van der Waals surface area contributed by atoms with Crippen LogP contribution in [0.1, 0.15) is 36.7 Å². The van der Waals surface area contributed by atoms with Crippen LogP contribution in [0.5, 0.6) is 0 Å². The van der Waals surface area contributed by atoms with E-state index in [0.29, 0.717) is 29.9 Å². The van der Waals surface area contributed by atoms with Gasteiger partial charge in [0, 0.05) is 18.8 Å². The third-order valence-electron chi connectivity index (χ3n) is 5.46. The van der Waals surface area contributed by atoms with Gasteiger partial charge in [-0.05, 0) is 44.5 Å². The number of nitrogens with zero attached hydrogens (tertiary/aromatic N) is 2. The van der Waals surface area contributed by atoms with Gasteiger partial charge in [0.05, 0.1) is 10.6 Å². The second-order valence-electron chi connectivity index (χ2n) is 7.53. The molecule has 1 heterocycles. The monoisotopic (exact) mass is 456 g/mol. The van der Waals surface area contributed by atoms with E-state index in [-0.39, 0.29) is 10.9 Å². The van der Waals surface area contributed by atoms with Gasteiger partial charge in [-0.3, -0.25) is 19.3 Å². The lowest BCUT2D eigenvalue weighted by Crippen LogP contribution is -2.42. The summed E-state index contributed by atoms with van der Waals surface area (Å²) in [7, 11) is 0. The molecule has 0 aromatic heterocycles. The molecule has 0 aliphatic carbocycles. The molecule has 0 radical (unpaired) electrons. The van der Waals surface area contributed by atoms with Gasteiger partial charge in [0.1, 0.15) is 12.1 Å². The van der Waals surface area contributed by atoms with Crippen LogP contribution < -0.4 is 10.6 Å². The molecule has 2 N–H and O–H groups in total. The Kier molecular flexibility index (Phi) is 6.84. The summed E-state index contributed by atoms with van der Waals surface area (Å²) in [5.74, 6) is -1.27. The molecule has 3 rings (SSSR count). The molecule has 0 saturated carbocycles. The topological polar surface area (TPSA) is 98.8 Å². The molecule has 8 nitrogen and oxygen atoms in total. The third kappa shape index (κ3) is 4.45. The number of rotatable bonds is 7. The average molecular weight is 457 g/mol. The fraction of sp³-hybridized carbons (Fsp3) is 0.304. The Morgan fingerprint density at radius 2 is 1.75 bits per heavy atom. The van der Waals surface area contributed by atoms with Crippen molar-refractivity contribution in [2.24, 2.45) is 0 Å². The van der Waals surface area contributed by atoms with E-state index in [1.165, 1.54) is 6.07 Å². The predicted octanol–water partition coefficient (Wildman–Crippen LogP) is 3.23. The largest absolute Gasteiger partial charge is 0.339 e. The van der Waals surface area contributed by atoms with Gasteiger partial charge < -0.3 is 15.5 Å². The third-order valence-corrected chi connectivity index (χ3v) is 5.77. The number of anilines is 1. The lowest BCUT2D eigenvalue weighted by molar-refractivity contribution is -0.133. The van der Waals surface area contributed by atoms with Crippen molar-refractivity contribution in [3.63, 3.8) is 0 Å². The number of hydrogen-bond donors (Lipinski definition) is 2. The van der Waals surface area contributed by atoms with E-state index in [0.717, 1.165) is 4.90 Å². The standard InChI is InChI=1S/C23H25ClN4O4/c1-4-27(5-2)20(30)17-12-11-16(13-18(17)24)25-19(29)14-28-21(31)23(3,26-22(28)32)15-9-7-6-8-10-15/h6-13H,4-5,14H2,1-3H3,(H,25,29)(H,26,32). The molecular weight excluding hydrogens is 432 g/mol. The molecule has 1 fully saturated rings. The number of urea groups is 1. The van der Waals surface area contributed by atoms with Gasteiger partial charge in [0.15, 0.2) is 0 Å². The summed E-state index contributed by atoms with van der Waals surface area (Å²) in [6.07, 6.45) is 0. The fourth-order valence-corrected chi connectivity index (χ4v) is 3.86. The zero-order valence-electron chi connectivity index (χ0n) is 18.1. The van der Waals surface area contributed by atoms with Crippen molar-refractivity contribution in [2.75, 3.05) is 25.0 Å². The van der Waals surface area contributed by atoms with Crippen molar-refractivity contribution in [1.29, 1.82) is 0 Å². The Balaban J connectivity index is 1.69. The van der Waals surface area contributed by atoms with Gasteiger partial charge >= 0.3 is 6.03 Å². The maximum atomic E-state index is 12.9. The number of imide groups is 1. The number of halogens is 1. The smallest absolute Gasteiger partial charge is 0.325 e. The van der Waals surface area contributed by atoms with Crippen molar-refractivity contribution < 1.29 is 19.2 Å². The molecule has 1 aliphatic heterocycles. The van der Waals surface area contributed by atoms with E-state index >= 15 is 0 Å². The molecule has 32 heavy (non-hydrogen) atoms. The maximum Gasteiger partial charge on any atom is 0.325 e. The summed E-state index contributed by atoms with van der Waals surface area (Å²) in [6, 6.07) is 12.8. The van der Waals surface area contributed by atoms with Crippen LogP contribution in [0.25, 0.3) is 0 Å². The van der Waals surface area contributed by atoms with Crippen LogP contribution in [0, 0.1) is 0 Å². The highest BCUT2D eigenvalue weighted by atomic mass is 35.5. The molecule has 0 spiro atoms. The molecule has 2 aromatic carbocycles. The summed E-state index contributed by atoms with van der Waals surface area (Å²) in [6.45, 7) is 6.01. The normalized spacial score (nSPS) is 17.8. The summed E-state index contributed by atoms with van der Waals surface area (Å²) < 4.78 is 0. The van der Waals surface area contributed by atoms with Gasteiger partial charge in [0.25, 0.3) is 11.8 Å². The highest BCUT2D eigenvalue weighted by Gasteiger charge is 2.49. The Bertz CT molecular complexity index is 1060. The van der Waals surface area contributed by atoms with Crippen LogP contribution in [-0.4, -0.2) is 53.2 Å². The van der Waals surface area contributed by atoms with E-state index in [2.05, 4.69) is 10.6 Å². The molecule has 1 atom stereocenters. The number of hydrogen-bond acceptors (Lipinski definition) is 4. The molecule has 1 saturated heterocycles. The average Bonchev–Trinajstić information content (AvgIpc) is 2.99. The lowest BCUT2D eigenvalue weighted by Gasteiger charge is -2.22. The van der Waals surface area contributed by atoms with Crippen LogP contribution >= 0.6 is 11.6 Å². The number of nitrogens with one attached hydrogen (secondary N) is 2. The minimum Gasteiger partial charge on any atom is -0.339 e. The van der Waals surface area contributed by atoms with E-state index in [1.807, 2.05) is 19.9 Å². The van der Waals surface area contributed by atoms with Gasteiger partial charge in [-0.2, -0.15) is 0 Å². The molecular formula is C23H25ClN4O4. The minimum absolute atomic E-state index is 0.197. The molecule has 2 aromatic rings. The van der Waals surface area contributed by atoms with Gasteiger partial charge in [-0.25, -0.2) is 4.79 Å². The first-order valence-corrected chi connectivity index (χ1v) is 10.7. The van der Waals surface area contributed by atoms with Gasteiger partial charge in [-0.15, -0.1) is 0 Å². The number of benzene rings is 2. The van der Waals surface area contributed by atoms with E-state index in [9.17, 15) is 19.2 Å². The molecule has 168 valence electrons. The molecule has 0 bridgehead atoms. The highest BCUT2D eigenvalue weighted by Crippen LogP contribution is 2.28. The zero-order valence-corrected chi connectivity index (χ0v) is 18.9. The second-order valence-corrected chi connectivity index (χ2v) is 7.94. The first-order chi connectivity index (χ1) is 15.2. The Hall–Kier alpha value is -3.39. The first kappa shape index (κ1) is 23.3. The van der Waals surface area contributed by atoms with Gasteiger partial charge in [-0.1, -0.05) is 41.9 Å². The lowest BCUT2D eigenvalue weighted by atomic mass is 9.92. The van der Waals surface area contributed by atoms with Crippen molar-refractivity contribution in [1.82, 2.24) is 15.1 Å². The fourth-order valence-electron chi connectivity index (χ4n) is 3.60. The van der Waals surface area contributed by atoms with Crippen LogP contribution in [0.15, 0.2) is 48.5 Å². The van der Waals surface area contributed by atoms with E-state index in [1.54, 1.807) is 48.2 Å². The molecule has 9 heteroatoms. The number of carbonyl (C=O) groups is 4. The van der Waals surface area contributed by atoms with Crippen LogP contribution in [0.3, 0.4) is 0 Å². The Labute approximate surface area is 191 Å². The minimum atomic E-state index is -1.24. The predicted molar refractivity (Wildman–Crippen MR) is 121 cm³/mol. The van der Waals surface area contributed by atoms with Crippen LogP contribution in [0.2, 0.25) is 5.02 Å². The van der Waals surface area contributed by atoms with Gasteiger partial charge in [0.2, 0.25) is 5.91 Å². The van der Waals surface area contributed by atoms with Crippen molar-refractivity contribution >= 4 is 41.0 Å². The summed E-state index contributed by atoms with van der Waals surface area (Å²) in [4.78, 5) is 52.9. The highest BCUT2D eigenvalue weighted by molar-refractivity contribution is 6.34. The quantitative estimate of drug-likeness (QED) is 0.625. The van der Waals surface area contributed by atoms with Crippen molar-refractivity contribution in [3.05, 3.63) is 64.7 Å². The Morgan fingerprint density at radius 1 is 1.09 bits per heavy atom. The second kappa shape index (κ2) is 9.40. The SMILES string of the molecule is CCN(CC)C(=O)c1ccc(NC(=O)CN2C(=O)NC(C)(c3ccccc3)C2=O)cc1Cl. The van der Waals surface area contributed by atoms with E-state index in [4.69, 9.17) is 11.6 Å². The number of amides is 5. The summed E-state index contributed by atoms with van der Waals surface area (Å²) in [5.41, 5.74) is 0.0746. The summed E-state index contributed by atoms with van der Waals surface area (Å²) >= 11 is 6.26. The zero-order chi connectivity index (χ0) is 23.5. The van der Waals surface area contributed by atoms with Crippen molar-refractivity contribution in [2.45, 2.75) is 26.3 Å².